The number of allylic oxidation sites excluding steroid dienone is 1. The highest BCUT2D eigenvalue weighted by atomic mass is 35.5. The Bertz CT molecular complexity index is 1680. The summed E-state index contributed by atoms with van der Waals surface area (Å²) in [6.45, 7) is 1.59. The van der Waals surface area contributed by atoms with Crippen LogP contribution in [0.5, 0.6) is 17.2 Å². The molecule has 2 N–H and O–H groups in total. The number of carbonyl (C=O) groups excluding carboxylic acids is 3. The first-order valence-corrected chi connectivity index (χ1v) is 13.5. The Kier molecular flexibility index (Phi) is 7.70. The lowest BCUT2D eigenvalue weighted by atomic mass is 9.69. The summed E-state index contributed by atoms with van der Waals surface area (Å²) >= 11 is 6.51. The number of hydrogen-bond donors (Lipinski definition) is 2. The lowest BCUT2D eigenvalue weighted by Gasteiger charge is -2.38. The Balaban J connectivity index is 1.65. The van der Waals surface area contributed by atoms with Crippen LogP contribution in [0.15, 0.2) is 58.2 Å². The average Bonchev–Trinajstić information content (AvgIpc) is 3.60. The van der Waals surface area contributed by atoms with E-state index in [2.05, 4.69) is 0 Å². The summed E-state index contributed by atoms with van der Waals surface area (Å²) < 4.78 is 27.8. The lowest BCUT2D eigenvalue weighted by Crippen LogP contribution is -2.53. The van der Waals surface area contributed by atoms with Crippen LogP contribution in [0.25, 0.3) is 11.3 Å². The fraction of sp³-hybridized carbons (Fsp3) is 0.290. The Labute approximate surface area is 250 Å². The molecule has 1 aliphatic heterocycles. The second-order valence-electron chi connectivity index (χ2n) is 10.2. The van der Waals surface area contributed by atoms with E-state index < -0.39 is 53.1 Å². The van der Waals surface area contributed by atoms with E-state index in [4.69, 9.17) is 35.0 Å². The molecule has 1 spiro atoms. The number of hydrogen-bond acceptors (Lipinski definition) is 10. The van der Waals surface area contributed by atoms with Crippen LogP contribution in [0, 0.1) is 5.92 Å². The number of carboxylic acids is 1. The van der Waals surface area contributed by atoms with Crippen LogP contribution in [0.1, 0.15) is 52.2 Å². The van der Waals surface area contributed by atoms with Crippen molar-refractivity contribution in [2.45, 2.75) is 31.3 Å². The number of furan rings is 1. The molecule has 3 aromatic rings. The van der Waals surface area contributed by atoms with Crippen molar-refractivity contribution in [3.63, 3.8) is 0 Å². The van der Waals surface area contributed by atoms with E-state index in [1.54, 1.807) is 25.1 Å². The third-order valence-electron chi connectivity index (χ3n) is 7.84. The van der Waals surface area contributed by atoms with Gasteiger partial charge in [0.1, 0.15) is 33.6 Å². The highest BCUT2D eigenvalue weighted by Crippen LogP contribution is 2.56. The number of fused-ring (bicyclic) bond motifs is 1. The van der Waals surface area contributed by atoms with E-state index >= 15 is 0 Å². The van der Waals surface area contributed by atoms with Crippen LogP contribution in [-0.2, 0) is 14.3 Å². The molecule has 0 radical (unpaired) electrons. The predicted octanol–water partition coefficient (Wildman–Crippen LogP) is 5.40. The van der Waals surface area contributed by atoms with E-state index in [9.17, 15) is 29.4 Å². The molecule has 0 saturated carbocycles. The van der Waals surface area contributed by atoms with Crippen LogP contribution in [-0.4, -0.2) is 60.6 Å². The fourth-order valence-electron chi connectivity index (χ4n) is 5.61. The lowest BCUT2D eigenvalue weighted by molar-refractivity contribution is -0.141. The number of benzene rings is 2. The quantitative estimate of drug-likeness (QED) is 0.315. The smallest absolute Gasteiger partial charge is 0.335 e. The van der Waals surface area contributed by atoms with Gasteiger partial charge in [0.05, 0.1) is 39.2 Å². The number of rotatable bonds is 8. The Morgan fingerprint density at radius 1 is 1.07 bits per heavy atom. The molecule has 12 heteroatoms. The molecule has 11 nitrogen and oxygen atoms in total. The highest BCUT2D eigenvalue weighted by Gasteiger charge is 2.61. The van der Waals surface area contributed by atoms with Gasteiger partial charge in [0.15, 0.2) is 17.3 Å². The summed E-state index contributed by atoms with van der Waals surface area (Å²) in [6, 6.07) is 10.5. The van der Waals surface area contributed by atoms with E-state index in [1.807, 2.05) is 0 Å². The van der Waals surface area contributed by atoms with Crippen LogP contribution < -0.4 is 14.2 Å². The van der Waals surface area contributed by atoms with E-state index in [1.165, 1.54) is 45.6 Å². The minimum atomic E-state index is -2.05. The fourth-order valence-corrected chi connectivity index (χ4v) is 5.87. The molecule has 2 aliphatic rings. The maximum absolute atomic E-state index is 14.1. The summed E-state index contributed by atoms with van der Waals surface area (Å²) in [7, 11) is 3.91. The van der Waals surface area contributed by atoms with Crippen molar-refractivity contribution in [3.05, 3.63) is 75.7 Å². The number of ketones is 2. The number of carbonyl (C=O) groups is 4. The molecule has 0 amide bonds. The van der Waals surface area contributed by atoms with Gasteiger partial charge in [-0.2, -0.15) is 0 Å². The first kappa shape index (κ1) is 29.7. The summed E-state index contributed by atoms with van der Waals surface area (Å²) in [5.41, 5.74) is -1.70. The molecule has 2 aromatic carbocycles. The zero-order chi connectivity index (χ0) is 31.2. The van der Waals surface area contributed by atoms with E-state index in [0.29, 0.717) is 11.3 Å². The Morgan fingerprint density at radius 3 is 2.35 bits per heavy atom. The molecular weight excluding hydrogens is 584 g/mol. The van der Waals surface area contributed by atoms with Gasteiger partial charge in [0, 0.05) is 29.5 Å². The van der Waals surface area contributed by atoms with Gasteiger partial charge >= 0.3 is 11.9 Å². The monoisotopic (exact) mass is 610 g/mol. The van der Waals surface area contributed by atoms with Crippen molar-refractivity contribution in [1.29, 1.82) is 0 Å². The molecule has 0 bridgehead atoms. The molecule has 0 fully saturated rings. The van der Waals surface area contributed by atoms with Crippen LogP contribution in [0.4, 0.5) is 0 Å². The maximum atomic E-state index is 14.1. The number of halogens is 1. The van der Waals surface area contributed by atoms with Crippen molar-refractivity contribution in [3.8, 4) is 28.6 Å². The van der Waals surface area contributed by atoms with E-state index in [0.717, 1.165) is 0 Å². The molecule has 1 aliphatic carbocycles. The van der Waals surface area contributed by atoms with Crippen molar-refractivity contribution >= 4 is 35.1 Å². The first-order valence-electron chi connectivity index (χ1n) is 13.1. The summed E-state index contributed by atoms with van der Waals surface area (Å²) in [6.07, 6.45) is -0.617. The molecule has 5 rings (SSSR count). The SMILES string of the molecule is COC(=O)C[C@@H](C1=C(O)[C@@]2(Oc3c(Cl)c(OC)cc(OC)c3C2=O)[C@H](C)CC1=O)c1ccc(-c2ccc(C(=O)O)cc2)o1. The largest absolute Gasteiger partial charge is 0.507 e. The molecular formula is C31H27ClO11. The van der Waals surface area contributed by atoms with Gasteiger partial charge in [-0.15, -0.1) is 0 Å². The molecule has 0 saturated heterocycles. The predicted molar refractivity (Wildman–Crippen MR) is 151 cm³/mol. The van der Waals surface area contributed by atoms with Gasteiger partial charge in [-0.3, -0.25) is 14.4 Å². The average molecular weight is 611 g/mol. The van der Waals surface area contributed by atoms with Crippen molar-refractivity contribution < 1.29 is 52.8 Å². The molecule has 1 aromatic heterocycles. The molecule has 2 heterocycles. The number of aliphatic hydroxyl groups is 1. The zero-order valence-electron chi connectivity index (χ0n) is 23.6. The molecule has 0 unspecified atom stereocenters. The number of carboxylic acid groups (broad SMARTS) is 1. The third-order valence-corrected chi connectivity index (χ3v) is 8.20. The zero-order valence-corrected chi connectivity index (χ0v) is 24.3. The molecule has 3 atom stereocenters. The van der Waals surface area contributed by atoms with Crippen molar-refractivity contribution in [2.24, 2.45) is 5.92 Å². The topological polar surface area (TPSA) is 159 Å². The van der Waals surface area contributed by atoms with Gasteiger partial charge in [0.25, 0.3) is 0 Å². The van der Waals surface area contributed by atoms with Crippen molar-refractivity contribution in [2.75, 3.05) is 21.3 Å². The van der Waals surface area contributed by atoms with Gasteiger partial charge in [-0.05, 0) is 24.3 Å². The van der Waals surface area contributed by atoms with Crippen molar-refractivity contribution in [1.82, 2.24) is 0 Å². The normalized spacial score (nSPS) is 20.1. The minimum absolute atomic E-state index is 0.0160. The second-order valence-corrected chi connectivity index (χ2v) is 10.6. The maximum Gasteiger partial charge on any atom is 0.335 e. The number of esters is 1. The van der Waals surface area contributed by atoms with Crippen LogP contribution in [0.2, 0.25) is 5.02 Å². The minimum Gasteiger partial charge on any atom is -0.507 e. The summed E-state index contributed by atoms with van der Waals surface area (Å²) in [5.74, 6) is -5.00. The summed E-state index contributed by atoms with van der Waals surface area (Å²) in [4.78, 5) is 51.5. The van der Waals surface area contributed by atoms with Gasteiger partial charge in [-0.1, -0.05) is 30.7 Å². The molecule has 224 valence electrons. The van der Waals surface area contributed by atoms with E-state index in [-0.39, 0.29) is 51.2 Å². The number of Topliss-reactive ketones (excluding diaryl/α,β-unsaturated/α-hetero) is 2. The number of aliphatic hydroxyl groups excluding tert-OH is 1. The van der Waals surface area contributed by atoms with Gasteiger partial charge in [0.2, 0.25) is 11.4 Å². The first-order chi connectivity index (χ1) is 20.5. The molecule has 43 heavy (non-hydrogen) atoms. The Morgan fingerprint density at radius 2 is 1.74 bits per heavy atom. The summed E-state index contributed by atoms with van der Waals surface area (Å²) in [5, 5.41) is 21.0. The second kappa shape index (κ2) is 11.1. The van der Waals surface area contributed by atoms with Gasteiger partial charge in [-0.25, -0.2) is 4.79 Å². The van der Waals surface area contributed by atoms with Gasteiger partial charge < -0.3 is 33.6 Å². The number of methoxy groups -OCH3 is 3. The highest BCUT2D eigenvalue weighted by molar-refractivity contribution is 6.35. The third kappa shape index (κ3) is 4.69. The number of aromatic carboxylic acids is 1. The number of ether oxygens (including phenoxy) is 4. The standard InChI is InChI=1S/C31H27ClO11/c1-14-11-18(33)24(28(35)31(14)29(36)25-21(39-2)13-22(40-3)26(32)27(25)43-31)17(12-23(34)41-4)20-10-9-19(42-20)15-5-7-16(8-6-15)30(37)38/h5-10,13-14,17,35H,11-12H2,1-4H3,(H,37,38)/t14-,17-,31+/m1/s1. The van der Waals surface area contributed by atoms with Crippen LogP contribution in [0.3, 0.4) is 0 Å². The Hall–Kier alpha value is -4.77. The van der Waals surface area contributed by atoms with Crippen LogP contribution >= 0.6 is 11.6 Å².